The Bertz CT molecular complexity index is 3560. The van der Waals surface area contributed by atoms with E-state index < -0.39 is 0 Å². The zero-order valence-corrected chi connectivity index (χ0v) is 47.7. The highest BCUT2D eigenvalue weighted by Gasteiger charge is 2.24. The summed E-state index contributed by atoms with van der Waals surface area (Å²) in [6, 6.07) is 56.5. The van der Waals surface area contributed by atoms with Crippen LogP contribution in [0, 0.1) is 0 Å². The minimum absolute atomic E-state index is 0.161. The second kappa shape index (κ2) is 27.2. The SMILES string of the molecule is CCCOc1c2cc(N=Nc3ccccc3OC)cc1Cc1cccc(c1OCc1cn(Cc3ccccc3)nn1)Cc1cc(N=Nc3ccccc3OC)cc(c1OCCC)Cc1cccc(c1OCc1cn(Cc3ccccc3)nn1)C2. The standard InChI is InChI=1S/C68H66N10O6/c1-5-31-81-67-53-33-49-23-17-25-51(65(49)83-45-59-43-77(75-71-59)41-47-19-9-7-10-20-47)35-55-39-58(70-74-62-28-14-16-30-64(62)80-4)40-56(68(55)82-32-6-2)36-52-26-18-24-50(34-54(67)38-57(37-53)69-73-61-27-13-15-29-63(61)79-3)66(52)84-46-60-44-78(76-72-60)42-48-21-11-8-12-22-48/h7-30,37-40,43-44H,5-6,31-36,41-42,45-46H2,1-4H3. The van der Waals surface area contributed by atoms with Crippen molar-refractivity contribution in [1.29, 1.82) is 0 Å². The van der Waals surface area contributed by atoms with Gasteiger partial charge in [-0.25, -0.2) is 9.36 Å². The average molecular weight is 1120 g/mol. The zero-order chi connectivity index (χ0) is 57.5. The molecular weight excluding hydrogens is 1050 g/mol. The maximum absolute atomic E-state index is 7.08. The molecular formula is C68H66N10O6. The van der Waals surface area contributed by atoms with Gasteiger partial charge in [-0.2, -0.15) is 10.2 Å². The number of methoxy groups -OCH3 is 2. The predicted octanol–water partition coefficient (Wildman–Crippen LogP) is 15.2. The van der Waals surface area contributed by atoms with Crippen molar-refractivity contribution in [2.75, 3.05) is 27.4 Å². The van der Waals surface area contributed by atoms with E-state index >= 15 is 0 Å². The van der Waals surface area contributed by atoms with Gasteiger partial charge in [-0.05, 0) is 94.8 Å². The van der Waals surface area contributed by atoms with Crippen LogP contribution in [0.15, 0.2) is 203 Å². The average Bonchev–Trinajstić information content (AvgIpc) is 3.91. The number of ether oxygens (including phenoxy) is 6. The number of fused-ring (bicyclic) bond motifs is 8. The largest absolute Gasteiger partial charge is 0.494 e. The Morgan fingerprint density at radius 1 is 0.393 bits per heavy atom. The maximum atomic E-state index is 7.08. The van der Waals surface area contributed by atoms with Gasteiger partial charge < -0.3 is 28.4 Å². The third kappa shape index (κ3) is 13.8. The van der Waals surface area contributed by atoms with Crippen molar-refractivity contribution < 1.29 is 28.4 Å². The van der Waals surface area contributed by atoms with E-state index in [0.717, 1.165) is 80.0 Å². The molecule has 11 rings (SSSR count). The van der Waals surface area contributed by atoms with Crippen LogP contribution in [0.25, 0.3) is 0 Å². The summed E-state index contributed by atoms with van der Waals surface area (Å²) < 4.78 is 43.0. The molecule has 0 atom stereocenters. The van der Waals surface area contributed by atoms with Crippen molar-refractivity contribution in [3.63, 3.8) is 0 Å². The molecule has 0 aliphatic heterocycles. The number of rotatable bonds is 22. The van der Waals surface area contributed by atoms with Crippen molar-refractivity contribution >= 4 is 22.7 Å². The highest BCUT2D eigenvalue weighted by Crippen LogP contribution is 2.43. The molecule has 8 bridgehead atoms. The first-order chi connectivity index (χ1) is 41.4. The summed E-state index contributed by atoms with van der Waals surface area (Å²) in [5.74, 6) is 4.15. The van der Waals surface area contributed by atoms with Gasteiger partial charge in [0, 0.05) is 47.9 Å². The molecule has 0 N–H and O–H groups in total. The molecule has 84 heavy (non-hydrogen) atoms. The first-order valence-electron chi connectivity index (χ1n) is 28.4. The number of benzene rings is 8. The molecule has 16 heteroatoms. The lowest BCUT2D eigenvalue weighted by atomic mass is 9.90. The summed E-state index contributed by atoms with van der Waals surface area (Å²) in [7, 11) is 3.27. The van der Waals surface area contributed by atoms with Gasteiger partial charge in [-0.3, -0.25) is 0 Å². The van der Waals surface area contributed by atoms with Crippen LogP contribution in [0.5, 0.6) is 34.5 Å². The van der Waals surface area contributed by atoms with Crippen LogP contribution in [0.3, 0.4) is 0 Å². The van der Waals surface area contributed by atoms with Crippen molar-refractivity contribution in [2.24, 2.45) is 20.5 Å². The third-order valence-corrected chi connectivity index (χ3v) is 14.2. The van der Waals surface area contributed by atoms with Crippen LogP contribution in [0.4, 0.5) is 22.7 Å². The lowest BCUT2D eigenvalue weighted by Crippen LogP contribution is -2.10. The fraction of sp³-hybridized carbons (Fsp3) is 0.235. The van der Waals surface area contributed by atoms with Gasteiger partial charge in [0.05, 0.1) is 64.3 Å². The lowest BCUT2D eigenvalue weighted by Gasteiger charge is -2.23. The Labute approximate surface area is 489 Å². The molecule has 0 spiro atoms. The molecule has 1 aliphatic carbocycles. The Balaban J connectivity index is 1.08. The highest BCUT2D eigenvalue weighted by molar-refractivity contribution is 5.62. The van der Waals surface area contributed by atoms with E-state index in [1.807, 2.05) is 107 Å². The second-order valence-electron chi connectivity index (χ2n) is 20.5. The van der Waals surface area contributed by atoms with Gasteiger partial charge in [0.15, 0.2) is 0 Å². The number of hydrogen-bond donors (Lipinski definition) is 0. The first kappa shape index (κ1) is 55.9. The molecule has 0 saturated heterocycles. The van der Waals surface area contributed by atoms with Gasteiger partial charge in [-0.15, -0.1) is 20.4 Å². The van der Waals surface area contributed by atoms with Crippen LogP contribution in [0.2, 0.25) is 0 Å². The molecule has 2 aromatic heterocycles. The van der Waals surface area contributed by atoms with E-state index in [2.05, 4.69) is 119 Å². The van der Waals surface area contributed by atoms with Crippen molar-refractivity contribution in [2.45, 2.75) is 78.7 Å². The third-order valence-electron chi connectivity index (χ3n) is 14.2. The fourth-order valence-electron chi connectivity index (χ4n) is 10.4. The van der Waals surface area contributed by atoms with Gasteiger partial charge in [0.25, 0.3) is 0 Å². The molecule has 1 aliphatic rings. The van der Waals surface area contributed by atoms with Gasteiger partial charge in [0.1, 0.15) is 70.5 Å². The van der Waals surface area contributed by atoms with Crippen molar-refractivity contribution in [3.8, 4) is 34.5 Å². The maximum Gasteiger partial charge on any atom is 0.146 e. The van der Waals surface area contributed by atoms with Gasteiger partial charge >= 0.3 is 0 Å². The van der Waals surface area contributed by atoms with Gasteiger partial charge in [0.2, 0.25) is 0 Å². The fourth-order valence-corrected chi connectivity index (χ4v) is 10.4. The topological polar surface area (TPSA) is 166 Å². The monoisotopic (exact) mass is 1120 g/mol. The van der Waals surface area contributed by atoms with E-state index in [9.17, 15) is 0 Å². The Hall–Kier alpha value is -9.96. The lowest BCUT2D eigenvalue weighted by molar-refractivity contribution is 0.293. The van der Waals surface area contributed by atoms with E-state index in [0.29, 0.717) is 109 Å². The first-order valence-corrected chi connectivity index (χ1v) is 28.4. The minimum Gasteiger partial charge on any atom is -0.494 e. The Morgan fingerprint density at radius 2 is 0.750 bits per heavy atom. The molecule has 8 aromatic carbocycles. The van der Waals surface area contributed by atoms with Crippen LogP contribution < -0.4 is 28.4 Å². The van der Waals surface area contributed by atoms with Crippen molar-refractivity contribution in [1.82, 2.24) is 30.0 Å². The van der Waals surface area contributed by atoms with Gasteiger partial charge in [-0.1, -0.05) is 146 Å². The van der Waals surface area contributed by atoms with Crippen LogP contribution >= 0.6 is 0 Å². The van der Waals surface area contributed by atoms with Crippen LogP contribution in [0.1, 0.15) is 93.7 Å². The van der Waals surface area contributed by atoms with Crippen LogP contribution in [-0.2, 0) is 52.0 Å². The summed E-state index contributed by atoms with van der Waals surface area (Å²) in [4.78, 5) is 0. The molecule has 0 saturated carbocycles. The highest BCUT2D eigenvalue weighted by atomic mass is 16.5. The smallest absolute Gasteiger partial charge is 0.146 e. The molecule has 424 valence electrons. The number of para-hydroxylation sites is 4. The van der Waals surface area contributed by atoms with E-state index in [1.54, 1.807) is 14.2 Å². The Kier molecular flexibility index (Phi) is 18.1. The number of hydrogen-bond acceptors (Lipinski definition) is 14. The predicted molar refractivity (Wildman–Crippen MR) is 323 cm³/mol. The molecule has 16 nitrogen and oxygen atoms in total. The molecule has 0 amide bonds. The van der Waals surface area contributed by atoms with Crippen molar-refractivity contribution in [3.05, 3.63) is 249 Å². The summed E-state index contributed by atoms with van der Waals surface area (Å²) in [5, 5.41) is 37.5. The second-order valence-corrected chi connectivity index (χ2v) is 20.5. The van der Waals surface area contributed by atoms with E-state index in [4.69, 9.17) is 48.9 Å². The van der Waals surface area contributed by atoms with E-state index in [-0.39, 0.29) is 13.2 Å². The molecule has 0 unspecified atom stereocenters. The Morgan fingerprint density at radius 3 is 1.12 bits per heavy atom. The minimum atomic E-state index is 0.161. The molecule has 0 radical (unpaired) electrons. The normalized spacial score (nSPS) is 12.1. The summed E-state index contributed by atoms with van der Waals surface area (Å²) in [5.41, 5.74) is 13.4. The van der Waals surface area contributed by atoms with E-state index in [1.165, 1.54) is 0 Å². The number of aromatic nitrogens is 6. The summed E-state index contributed by atoms with van der Waals surface area (Å²) in [6.07, 6.45) is 7.10. The number of azo groups is 2. The quantitative estimate of drug-likeness (QED) is 0.0596. The molecule has 0 fully saturated rings. The molecule has 2 heterocycles. The van der Waals surface area contributed by atoms with Crippen LogP contribution in [-0.4, -0.2) is 57.4 Å². The zero-order valence-electron chi connectivity index (χ0n) is 47.7. The summed E-state index contributed by atoms with van der Waals surface area (Å²) in [6.45, 7) is 6.67. The molecule has 10 aromatic rings. The summed E-state index contributed by atoms with van der Waals surface area (Å²) >= 11 is 0. The number of nitrogens with zero attached hydrogens (tertiary/aromatic N) is 10.